The predicted octanol–water partition coefficient (Wildman–Crippen LogP) is 0.723. The summed E-state index contributed by atoms with van der Waals surface area (Å²) in [6.07, 6.45) is 1.53. The second-order valence-corrected chi connectivity index (χ2v) is 5.42. The quantitative estimate of drug-likeness (QED) is 0.448. The maximum Gasteiger partial charge on any atom is 0.341 e. The Morgan fingerprint density at radius 1 is 1.32 bits per heavy atom. The number of nitrogens with zero attached hydrogens (tertiary/aromatic N) is 2. The van der Waals surface area contributed by atoms with Gasteiger partial charge in [0.15, 0.2) is 11.7 Å². The standard InChI is InChI=1S/C16H16N2O6S/c1-17-11(15(22)18(16(17)25)8-14(21)23-2)7-10-5-3-4-6-12(10)24-9-13(19)20/h3-7H,8-9H2,1-2H3,(H,19,20)/b11-7-. The monoisotopic (exact) mass is 364 g/mol. The molecular formula is C16H16N2O6S. The van der Waals surface area contributed by atoms with Crippen molar-refractivity contribution in [3.63, 3.8) is 0 Å². The van der Waals surface area contributed by atoms with E-state index >= 15 is 0 Å². The molecule has 0 saturated carbocycles. The molecule has 0 atom stereocenters. The van der Waals surface area contributed by atoms with Gasteiger partial charge in [0.2, 0.25) is 0 Å². The van der Waals surface area contributed by atoms with Crippen LogP contribution in [0.1, 0.15) is 5.56 Å². The number of carboxylic acids is 1. The molecule has 25 heavy (non-hydrogen) atoms. The van der Waals surface area contributed by atoms with Crippen LogP contribution in [-0.2, 0) is 19.1 Å². The number of carbonyl (C=O) groups is 3. The Balaban J connectivity index is 2.31. The van der Waals surface area contributed by atoms with Gasteiger partial charge in [0, 0.05) is 12.6 Å². The minimum absolute atomic E-state index is 0.172. The van der Waals surface area contributed by atoms with Crippen molar-refractivity contribution in [3.8, 4) is 5.75 Å². The van der Waals surface area contributed by atoms with Gasteiger partial charge >= 0.3 is 11.9 Å². The number of hydrogen-bond acceptors (Lipinski definition) is 6. The third kappa shape index (κ3) is 4.13. The van der Waals surface area contributed by atoms with Crippen molar-refractivity contribution in [2.45, 2.75) is 0 Å². The summed E-state index contributed by atoms with van der Waals surface area (Å²) in [5.41, 5.74) is 0.752. The lowest BCUT2D eigenvalue weighted by molar-refractivity contribution is -0.143. The van der Waals surface area contributed by atoms with E-state index in [0.717, 1.165) is 4.90 Å². The number of likely N-dealkylation sites (N-methyl/N-ethyl adjacent to an activating group) is 1. The van der Waals surface area contributed by atoms with E-state index in [1.165, 1.54) is 18.1 Å². The molecule has 1 aromatic carbocycles. The van der Waals surface area contributed by atoms with Gasteiger partial charge in [-0.15, -0.1) is 0 Å². The lowest BCUT2D eigenvalue weighted by Crippen LogP contribution is -2.36. The number of amides is 1. The summed E-state index contributed by atoms with van der Waals surface area (Å²) in [5.74, 6) is -1.83. The molecule has 0 spiro atoms. The minimum atomic E-state index is -1.11. The van der Waals surface area contributed by atoms with E-state index < -0.39 is 24.5 Å². The number of methoxy groups -OCH3 is 1. The maximum absolute atomic E-state index is 12.5. The van der Waals surface area contributed by atoms with Crippen molar-refractivity contribution in [3.05, 3.63) is 35.5 Å². The Bertz CT molecular complexity index is 761. The molecule has 0 radical (unpaired) electrons. The van der Waals surface area contributed by atoms with E-state index in [4.69, 9.17) is 22.1 Å². The number of benzene rings is 1. The fraction of sp³-hybridized carbons (Fsp3) is 0.250. The molecule has 2 rings (SSSR count). The molecule has 1 heterocycles. The fourth-order valence-electron chi connectivity index (χ4n) is 2.16. The number of esters is 1. The normalized spacial score (nSPS) is 15.7. The maximum atomic E-state index is 12.5. The molecule has 1 saturated heterocycles. The first-order chi connectivity index (χ1) is 11.8. The van der Waals surface area contributed by atoms with Gasteiger partial charge in [-0.25, -0.2) is 4.79 Å². The summed E-state index contributed by atoms with van der Waals surface area (Å²) in [5, 5.41) is 8.91. The van der Waals surface area contributed by atoms with Crippen LogP contribution in [-0.4, -0.2) is 65.2 Å². The van der Waals surface area contributed by atoms with Crippen LogP contribution in [0.15, 0.2) is 30.0 Å². The van der Waals surface area contributed by atoms with Crippen LogP contribution >= 0.6 is 12.2 Å². The number of ether oxygens (including phenoxy) is 2. The summed E-state index contributed by atoms with van der Waals surface area (Å²) in [4.78, 5) is 37.3. The highest BCUT2D eigenvalue weighted by Crippen LogP contribution is 2.26. The molecule has 0 unspecified atom stereocenters. The number of thiocarbonyl (C=S) groups is 1. The van der Waals surface area contributed by atoms with Crippen molar-refractivity contribution in [1.82, 2.24) is 9.80 Å². The zero-order valence-corrected chi connectivity index (χ0v) is 14.4. The number of rotatable bonds is 6. The highest BCUT2D eigenvalue weighted by molar-refractivity contribution is 7.80. The van der Waals surface area contributed by atoms with Gasteiger partial charge < -0.3 is 19.5 Å². The summed E-state index contributed by atoms with van der Waals surface area (Å²) >= 11 is 5.19. The third-order valence-electron chi connectivity index (χ3n) is 3.42. The summed E-state index contributed by atoms with van der Waals surface area (Å²) in [6, 6.07) is 6.69. The molecule has 9 heteroatoms. The Morgan fingerprint density at radius 2 is 2.00 bits per heavy atom. The van der Waals surface area contributed by atoms with Crippen molar-refractivity contribution >= 4 is 41.3 Å². The van der Waals surface area contributed by atoms with Crippen LogP contribution in [0.25, 0.3) is 6.08 Å². The Hall–Kier alpha value is -2.94. The smallest absolute Gasteiger partial charge is 0.341 e. The Kier molecular flexibility index (Phi) is 5.71. The molecule has 1 aliphatic rings. The van der Waals surface area contributed by atoms with Gasteiger partial charge in [0.05, 0.1) is 7.11 Å². The zero-order chi connectivity index (χ0) is 18.6. The molecule has 132 valence electrons. The van der Waals surface area contributed by atoms with E-state index in [2.05, 4.69) is 4.74 Å². The van der Waals surface area contributed by atoms with Crippen LogP contribution in [0.2, 0.25) is 0 Å². The van der Waals surface area contributed by atoms with Crippen molar-refractivity contribution in [2.75, 3.05) is 27.3 Å². The first-order valence-electron chi connectivity index (χ1n) is 7.16. The second-order valence-electron chi connectivity index (χ2n) is 5.06. The average molecular weight is 364 g/mol. The molecule has 8 nitrogen and oxygen atoms in total. The van der Waals surface area contributed by atoms with Crippen molar-refractivity contribution < 1.29 is 29.0 Å². The number of para-hydroxylation sites is 1. The van der Waals surface area contributed by atoms with Crippen LogP contribution in [0, 0.1) is 0 Å². The SMILES string of the molecule is COC(=O)CN1C(=O)/C(=C/c2ccccc2OCC(=O)O)N(C)C1=S. The Labute approximate surface area is 149 Å². The van der Waals surface area contributed by atoms with Gasteiger partial charge in [-0.05, 0) is 24.4 Å². The first kappa shape index (κ1) is 18.4. The van der Waals surface area contributed by atoms with Gasteiger partial charge in [-0.1, -0.05) is 18.2 Å². The van der Waals surface area contributed by atoms with Crippen LogP contribution in [0.4, 0.5) is 0 Å². The summed E-state index contributed by atoms with van der Waals surface area (Å²) in [6.45, 7) is -0.788. The van der Waals surface area contributed by atoms with Crippen LogP contribution in [0.3, 0.4) is 0 Å². The molecule has 0 bridgehead atoms. The van der Waals surface area contributed by atoms with E-state index in [0.29, 0.717) is 11.3 Å². The lowest BCUT2D eigenvalue weighted by Gasteiger charge is -2.14. The van der Waals surface area contributed by atoms with E-state index in [1.807, 2.05) is 0 Å². The highest BCUT2D eigenvalue weighted by Gasteiger charge is 2.37. The predicted molar refractivity (Wildman–Crippen MR) is 91.6 cm³/mol. The van der Waals surface area contributed by atoms with Crippen molar-refractivity contribution in [2.24, 2.45) is 0 Å². The number of hydrogen-bond donors (Lipinski definition) is 1. The Morgan fingerprint density at radius 3 is 2.64 bits per heavy atom. The molecule has 1 aliphatic heterocycles. The van der Waals surface area contributed by atoms with E-state index in [1.54, 1.807) is 31.3 Å². The summed E-state index contributed by atoms with van der Waals surface area (Å²) < 4.78 is 9.79. The largest absolute Gasteiger partial charge is 0.481 e. The molecular weight excluding hydrogens is 348 g/mol. The molecule has 1 N–H and O–H groups in total. The van der Waals surface area contributed by atoms with Crippen LogP contribution in [0.5, 0.6) is 5.75 Å². The zero-order valence-electron chi connectivity index (χ0n) is 13.6. The van der Waals surface area contributed by atoms with Gasteiger partial charge in [-0.2, -0.15) is 0 Å². The molecule has 1 amide bonds. The number of carboxylic acid groups (broad SMARTS) is 1. The van der Waals surface area contributed by atoms with Gasteiger partial charge in [0.25, 0.3) is 5.91 Å². The molecule has 1 aromatic rings. The molecule has 1 fully saturated rings. The fourth-order valence-corrected chi connectivity index (χ4v) is 2.41. The summed E-state index contributed by atoms with van der Waals surface area (Å²) in [7, 11) is 2.83. The first-order valence-corrected chi connectivity index (χ1v) is 7.57. The van der Waals surface area contributed by atoms with Gasteiger partial charge in [0.1, 0.15) is 18.0 Å². The van der Waals surface area contributed by atoms with E-state index in [9.17, 15) is 14.4 Å². The topological polar surface area (TPSA) is 96.4 Å². The second kappa shape index (κ2) is 7.75. The highest BCUT2D eigenvalue weighted by atomic mass is 32.1. The average Bonchev–Trinajstić information content (AvgIpc) is 2.78. The van der Waals surface area contributed by atoms with E-state index in [-0.39, 0.29) is 17.4 Å². The molecule has 0 aliphatic carbocycles. The third-order valence-corrected chi connectivity index (χ3v) is 3.91. The van der Waals surface area contributed by atoms with Crippen LogP contribution < -0.4 is 4.74 Å². The lowest BCUT2D eigenvalue weighted by atomic mass is 10.1. The van der Waals surface area contributed by atoms with Crippen molar-refractivity contribution in [1.29, 1.82) is 0 Å². The minimum Gasteiger partial charge on any atom is -0.481 e. The molecule has 0 aromatic heterocycles. The number of carbonyl (C=O) groups excluding carboxylic acids is 2. The van der Waals surface area contributed by atoms with Gasteiger partial charge in [-0.3, -0.25) is 14.5 Å². The number of aliphatic carboxylic acids is 1.